The van der Waals surface area contributed by atoms with Gasteiger partial charge >= 0.3 is 5.97 Å². The number of aromatic amines is 1. The van der Waals surface area contributed by atoms with Crippen molar-refractivity contribution in [2.24, 2.45) is 11.3 Å². The van der Waals surface area contributed by atoms with Gasteiger partial charge in [-0.05, 0) is 43.1 Å². The zero-order chi connectivity index (χ0) is 18.9. The molecule has 1 atom stereocenters. The van der Waals surface area contributed by atoms with Crippen molar-refractivity contribution in [1.29, 1.82) is 0 Å². The molecule has 2 aliphatic heterocycles. The predicted octanol–water partition coefficient (Wildman–Crippen LogP) is 1.90. The summed E-state index contributed by atoms with van der Waals surface area (Å²) in [6.07, 6.45) is 3.35. The molecule has 0 aromatic carbocycles. The third-order valence-corrected chi connectivity index (χ3v) is 5.83. The predicted molar refractivity (Wildman–Crippen MR) is 97.5 cm³/mol. The van der Waals surface area contributed by atoms with Gasteiger partial charge in [0, 0.05) is 38.8 Å². The van der Waals surface area contributed by atoms with Crippen LogP contribution >= 0.6 is 0 Å². The molecular formula is C19H30N4O3. The molecule has 2 saturated heterocycles. The maximum atomic E-state index is 11.8. The number of hydrogen-bond donors (Lipinski definition) is 2. The van der Waals surface area contributed by atoms with Crippen molar-refractivity contribution in [2.45, 2.75) is 59.0 Å². The van der Waals surface area contributed by atoms with E-state index in [1.165, 1.54) is 0 Å². The summed E-state index contributed by atoms with van der Waals surface area (Å²) in [5, 5.41) is 17.1. The zero-order valence-electron chi connectivity index (χ0n) is 16.0. The monoisotopic (exact) mass is 362 g/mol. The van der Waals surface area contributed by atoms with Crippen LogP contribution < -0.4 is 0 Å². The zero-order valence-corrected chi connectivity index (χ0v) is 16.0. The smallest absolute Gasteiger partial charge is 0.320 e. The molecule has 3 heterocycles. The average Bonchev–Trinajstić information content (AvgIpc) is 3.12. The number of nitrogens with one attached hydrogen (secondary N) is 1. The van der Waals surface area contributed by atoms with Crippen LogP contribution in [0, 0.1) is 11.3 Å². The molecule has 26 heavy (non-hydrogen) atoms. The lowest BCUT2D eigenvalue weighted by Crippen LogP contribution is -2.43. The molecule has 0 radical (unpaired) electrons. The van der Waals surface area contributed by atoms with E-state index >= 15 is 0 Å². The maximum Gasteiger partial charge on any atom is 0.320 e. The SMILES string of the molecule is CC(=O)N1CCC2(CC1)CC(C(=O)O)N(Cc1cc(CC(C)C)n[nH]1)C2. The number of carbonyl (C=O) groups excluding carboxylic acids is 1. The van der Waals surface area contributed by atoms with Gasteiger partial charge < -0.3 is 10.0 Å². The molecule has 144 valence electrons. The molecule has 0 saturated carbocycles. The van der Waals surface area contributed by atoms with Crippen LogP contribution in [0.15, 0.2) is 6.07 Å². The van der Waals surface area contributed by atoms with Crippen molar-refractivity contribution < 1.29 is 14.7 Å². The molecule has 7 heteroatoms. The molecular weight excluding hydrogens is 332 g/mol. The highest BCUT2D eigenvalue weighted by Gasteiger charge is 2.48. The van der Waals surface area contributed by atoms with E-state index in [4.69, 9.17) is 0 Å². The van der Waals surface area contributed by atoms with Gasteiger partial charge in [-0.25, -0.2) is 0 Å². The van der Waals surface area contributed by atoms with Crippen molar-refractivity contribution in [3.63, 3.8) is 0 Å². The molecule has 1 unspecified atom stereocenters. The van der Waals surface area contributed by atoms with Gasteiger partial charge in [-0.15, -0.1) is 0 Å². The number of piperidine rings is 1. The first-order valence-electron chi connectivity index (χ1n) is 9.53. The number of hydrogen-bond acceptors (Lipinski definition) is 4. The largest absolute Gasteiger partial charge is 0.480 e. The van der Waals surface area contributed by atoms with Gasteiger partial charge in [-0.2, -0.15) is 5.10 Å². The van der Waals surface area contributed by atoms with E-state index in [0.29, 0.717) is 18.9 Å². The van der Waals surface area contributed by atoms with E-state index in [1.807, 2.05) is 4.90 Å². The van der Waals surface area contributed by atoms with Gasteiger partial charge in [0.05, 0.1) is 5.69 Å². The van der Waals surface area contributed by atoms with Crippen LogP contribution in [0.2, 0.25) is 0 Å². The number of nitrogens with zero attached hydrogens (tertiary/aromatic N) is 3. The summed E-state index contributed by atoms with van der Waals surface area (Å²) in [6.45, 7) is 8.75. The topological polar surface area (TPSA) is 89.5 Å². The standard InChI is InChI=1S/C19H30N4O3/c1-13(2)8-15-9-16(21-20-15)11-23-12-19(10-17(23)18(25)26)4-6-22(7-5-19)14(3)24/h9,13,17H,4-8,10-12H2,1-3H3,(H,20,21)(H,25,26). The van der Waals surface area contributed by atoms with Gasteiger partial charge in [0.25, 0.3) is 0 Å². The normalized spacial score (nSPS) is 23.1. The fourth-order valence-electron chi connectivity index (χ4n) is 4.44. The summed E-state index contributed by atoms with van der Waals surface area (Å²) in [5.74, 6) is -0.100. The third-order valence-electron chi connectivity index (χ3n) is 5.83. The van der Waals surface area contributed by atoms with Crippen LogP contribution in [0.5, 0.6) is 0 Å². The Hall–Kier alpha value is -1.89. The Morgan fingerprint density at radius 2 is 2.08 bits per heavy atom. The van der Waals surface area contributed by atoms with E-state index < -0.39 is 12.0 Å². The van der Waals surface area contributed by atoms with Crippen molar-refractivity contribution in [2.75, 3.05) is 19.6 Å². The van der Waals surface area contributed by atoms with Crippen LogP contribution in [0.3, 0.4) is 0 Å². The first-order chi connectivity index (χ1) is 12.3. The lowest BCUT2D eigenvalue weighted by Gasteiger charge is -2.39. The summed E-state index contributed by atoms with van der Waals surface area (Å²) in [6, 6.07) is 1.60. The van der Waals surface area contributed by atoms with Gasteiger partial charge in [-0.1, -0.05) is 13.8 Å². The number of aromatic nitrogens is 2. The van der Waals surface area contributed by atoms with Crippen LogP contribution in [0.25, 0.3) is 0 Å². The Balaban J connectivity index is 1.67. The summed E-state index contributed by atoms with van der Waals surface area (Å²) >= 11 is 0. The average molecular weight is 362 g/mol. The van der Waals surface area contributed by atoms with Gasteiger partial charge in [0.15, 0.2) is 0 Å². The fraction of sp³-hybridized carbons (Fsp3) is 0.737. The van der Waals surface area contributed by atoms with E-state index in [1.54, 1.807) is 6.92 Å². The quantitative estimate of drug-likeness (QED) is 0.835. The number of likely N-dealkylation sites (tertiary alicyclic amines) is 2. The van der Waals surface area contributed by atoms with Crippen molar-refractivity contribution >= 4 is 11.9 Å². The van der Waals surface area contributed by atoms with Crippen molar-refractivity contribution in [3.8, 4) is 0 Å². The second-order valence-electron chi connectivity index (χ2n) is 8.45. The Morgan fingerprint density at radius 1 is 1.38 bits per heavy atom. The molecule has 1 spiro atoms. The second kappa shape index (κ2) is 7.39. The Morgan fingerprint density at radius 3 is 2.65 bits per heavy atom. The molecule has 2 fully saturated rings. The van der Waals surface area contributed by atoms with Gasteiger partial charge in [-0.3, -0.25) is 19.6 Å². The van der Waals surface area contributed by atoms with E-state index in [9.17, 15) is 14.7 Å². The molecule has 1 aromatic heterocycles. The first kappa shape index (κ1) is 18.9. The highest BCUT2D eigenvalue weighted by Crippen LogP contribution is 2.44. The highest BCUT2D eigenvalue weighted by atomic mass is 16.4. The Labute approximate surface area is 154 Å². The fourth-order valence-corrected chi connectivity index (χ4v) is 4.44. The van der Waals surface area contributed by atoms with Gasteiger partial charge in [0.2, 0.25) is 5.91 Å². The van der Waals surface area contributed by atoms with Crippen LogP contribution in [0.4, 0.5) is 0 Å². The minimum absolute atomic E-state index is 0.00971. The first-order valence-corrected chi connectivity index (χ1v) is 9.53. The van der Waals surface area contributed by atoms with Crippen LogP contribution in [-0.4, -0.2) is 62.7 Å². The molecule has 2 aliphatic rings. The molecule has 0 bridgehead atoms. The number of aliphatic carboxylic acids is 1. The lowest BCUT2D eigenvalue weighted by atomic mass is 9.76. The molecule has 1 aromatic rings. The summed E-state index contributed by atoms with van der Waals surface area (Å²) in [4.78, 5) is 27.3. The van der Waals surface area contributed by atoms with Crippen molar-refractivity contribution in [3.05, 3.63) is 17.5 Å². The van der Waals surface area contributed by atoms with Crippen LogP contribution in [-0.2, 0) is 22.6 Å². The lowest BCUT2D eigenvalue weighted by molar-refractivity contribution is -0.142. The highest BCUT2D eigenvalue weighted by molar-refractivity contribution is 5.74. The van der Waals surface area contributed by atoms with E-state index in [2.05, 4.69) is 35.0 Å². The molecule has 1 amide bonds. The molecule has 2 N–H and O–H groups in total. The molecule has 7 nitrogen and oxygen atoms in total. The Bertz CT molecular complexity index is 661. The van der Waals surface area contributed by atoms with Crippen LogP contribution in [0.1, 0.15) is 51.4 Å². The number of carbonyl (C=O) groups is 2. The summed E-state index contributed by atoms with van der Waals surface area (Å²) in [7, 11) is 0. The number of carboxylic acid groups (broad SMARTS) is 1. The minimum Gasteiger partial charge on any atom is -0.480 e. The minimum atomic E-state index is -0.752. The number of carboxylic acids is 1. The maximum absolute atomic E-state index is 11.8. The molecule has 0 aliphatic carbocycles. The number of amides is 1. The molecule has 3 rings (SSSR count). The van der Waals surface area contributed by atoms with Crippen molar-refractivity contribution in [1.82, 2.24) is 20.0 Å². The van der Waals surface area contributed by atoms with E-state index in [-0.39, 0.29) is 11.3 Å². The van der Waals surface area contributed by atoms with E-state index in [0.717, 1.165) is 50.3 Å². The Kier molecular flexibility index (Phi) is 5.37. The van der Waals surface area contributed by atoms with Gasteiger partial charge in [0.1, 0.15) is 6.04 Å². The summed E-state index contributed by atoms with van der Waals surface area (Å²) < 4.78 is 0. The second-order valence-corrected chi connectivity index (χ2v) is 8.45. The third kappa shape index (κ3) is 4.09. The summed E-state index contributed by atoms with van der Waals surface area (Å²) in [5.41, 5.74) is 2.02. The number of rotatable bonds is 5. The number of H-pyrrole nitrogens is 1.